The van der Waals surface area contributed by atoms with E-state index in [9.17, 15) is 0 Å². The Morgan fingerprint density at radius 2 is 1.88 bits per heavy atom. The van der Waals surface area contributed by atoms with Crippen LogP contribution >= 0.6 is 0 Å². The topological polar surface area (TPSA) is 41.3 Å². The summed E-state index contributed by atoms with van der Waals surface area (Å²) in [4.78, 5) is 2.47. The highest BCUT2D eigenvalue weighted by molar-refractivity contribution is 5.24. The van der Waals surface area contributed by atoms with E-state index in [0.717, 1.165) is 26.2 Å². The summed E-state index contributed by atoms with van der Waals surface area (Å²) in [5.74, 6) is 0. The molecule has 1 aliphatic heterocycles. The van der Waals surface area contributed by atoms with Crippen LogP contribution in [0, 0.1) is 6.92 Å². The Balaban J connectivity index is 2.11. The van der Waals surface area contributed by atoms with E-state index in [1.807, 2.05) is 0 Å². The van der Waals surface area contributed by atoms with Crippen molar-refractivity contribution in [3.05, 3.63) is 35.4 Å². The molecule has 3 heteroatoms. The molecule has 0 amide bonds. The minimum absolute atomic E-state index is 0.377. The lowest BCUT2D eigenvalue weighted by molar-refractivity contribution is 0.178. The third-order valence-corrected chi connectivity index (χ3v) is 3.28. The summed E-state index contributed by atoms with van der Waals surface area (Å²) in [5, 5.41) is 3.37. The van der Waals surface area contributed by atoms with Crippen LogP contribution in [0.15, 0.2) is 24.3 Å². The number of nitrogens with two attached hydrogens (primary N) is 1. The van der Waals surface area contributed by atoms with Crippen molar-refractivity contribution in [2.24, 2.45) is 5.73 Å². The average Bonchev–Trinajstić information content (AvgIpc) is 2.34. The van der Waals surface area contributed by atoms with E-state index in [0.29, 0.717) is 12.6 Å². The molecule has 2 rings (SSSR count). The minimum Gasteiger partial charge on any atom is -0.329 e. The Bertz CT molecular complexity index is 314. The smallest absolute Gasteiger partial charge is 0.0471 e. The third kappa shape index (κ3) is 2.61. The van der Waals surface area contributed by atoms with Crippen LogP contribution in [0.2, 0.25) is 0 Å². The van der Waals surface area contributed by atoms with Gasteiger partial charge in [0.2, 0.25) is 0 Å². The molecule has 0 saturated carbocycles. The fraction of sp³-hybridized carbons (Fsp3) is 0.538. The molecule has 0 radical (unpaired) electrons. The first-order valence-corrected chi connectivity index (χ1v) is 6.02. The second-order valence-corrected chi connectivity index (χ2v) is 4.45. The second kappa shape index (κ2) is 5.43. The monoisotopic (exact) mass is 219 g/mol. The van der Waals surface area contributed by atoms with Crippen molar-refractivity contribution < 1.29 is 0 Å². The molecule has 3 N–H and O–H groups in total. The van der Waals surface area contributed by atoms with Crippen LogP contribution in [0.5, 0.6) is 0 Å². The molecular formula is C13H21N3. The molecule has 1 aliphatic rings. The standard InChI is InChI=1S/C13H21N3/c1-11-2-4-12(5-3-11)13(10-14)16-8-6-15-7-9-16/h2-5,13,15H,6-10,14H2,1H3. The van der Waals surface area contributed by atoms with Gasteiger partial charge in [0.25, 0.3) is 0 Å². The number of nitrogens with zero attached hydrogens (tertiary/aromatic N) is 1. The highest BCUT2D eigenvalue weighted by atomic mass is 15.2. The van der Waals surface area contributed by atoms with E-state index >= 15 is 0 Å². The van der Waals surface area contributed by atoms with Gasteiger partial charge in [-0.3, -0.25) is 4.90 Å². The molecule has 16 heavy (non-hydrogen) atoms. The van der Waals surface area contributed by atoms with Gasteiger partial charge in [-0.25, -0.2) is 0 Å². The van der Waals surface area contributed by atoms with E-state index in [1.54, 1.807) is 0 Å². The number of aryl methyl sites for hydroxylation is 1. The van der Waals surface area contributed by atoms with E-state index in [-0.39, 0.29) is 0 Å². The summed E-state index contributed by atoms with van der Waals surface area (Å²) in [5.41, 5.74) is 8.56. The summed E-state index contributed by atoms with van der Waals surface area (Å²) >= 11 is 0. The van der Waals surface area contributed by atoms with Crippen LogP contribution in [-0.2, 0) is 0 Å². The van der Waals surface area contributed by atoms with Gasteiger partial charge in [-0.2, -0.15) is 0 Å². The molecular weight excluding hydrogens is 198 g/mol. The Kier molecular flexibility index (Phi) is 3.93. The molecule has 1 aromatic carbocycles. The molecule has 0 bridgehead atoms. The largest absolute Gasteiger partial charge is 0.329 e. The minimum atomic E-state index is 0.377. The Hall–Kier alpha value is -0.900. The molecule has 1 fully saturated rings. The molecule has 0 aliphatic carbocycles. The zero-order chi connectivity index (χ0) is 11.4. The first kappa shape index (κ1) is 11.6. The van der Waals surface area contributed by atoms with E-state index in [1.165, 1.54) is 11.1 Å². The van der Waals surface area contributed by atoms with E-state index < -0.39 is 0 Å². The van der Waals surface area contributed by atoms with Crippen LogP contribution in [0.25, 0.3) is 0 Å². The van der Waals surface area contributed by atoms with Crippen molar-refractivity contribution in [2.75, 3.05) is 32.7 Å². The van der Waals surface area contributed by atoms with Crippen molar-refractivity contribution in [1.29, 1.82) is 0 Å². The van der Waals surface area contributed by atoms with Crippen LogP contribution in [-0.4, -0.2) is 37.6 Å². The molecule has 1 atom stereocenters. The highest BCUT2D eigenvalue weighted by Gasteiger charge is 2.20. The third-order valence-electron chi connectivity index (χ3n) is 3.28. The maximum atomic E-state index is 5.91. The van der Waals surface area contributed by atoms with E-state index in [4.69, 9.17) is 5.73 Å². The molecule has 0 spiro atoms. The molecule has 88 valence electrons. The van der Waals surface area contributed by atoms with Crippen molar-refractivity contribution in [2.45, 2.75) is 13.0 Å². The predicted octanol–water partition coefficient (Wildman–Crippen LogP) is 0.900. The molecule has 1 saturated heterocycles. The summed E-state index contributed by atoms with van der Waals surface area (Å²) in [6.45, 7) is 7.14. The number of hydrogen-bond donors (Lipinski definition) is 2. The zero-order valence-electron chi connectivity index (χ0n) is 9.95. The Morgan fingerprint density at radius 3 is 2.44 bits per heavy atom. The van der Waals surface area contributed by atoms with Gasteiger partial charge in [-0.05, 0) is 12.5 Å². The fourth-order valence-corrected chi connectivity index (χ4v) is 2.28. The van der Waals surface area contributed by atoms with Gasteiger partial charge in [0.15, 0.2) is 0 Å². The lowest BCUT2D eigenvalue weighted by atomic mass is 10.0. The summed E-state index contributed by atoms with van der Waals surface area (Å²) < 4.78 is 0. The lowest BCUT2D eigenvalue weighted by Gasteiger charge is -2.34. The fourth-order valence-electron chi connectivity index (χ4n) is 2.28. The average molecular weight is 219 g/mol. The maximum Gasteiger partial charge on any atom is 0.0471 e. The number of hydrogen-bond acceptors (Lipinski definition) is 3. The van der Waals surface area contributed by atoms with Crippen molar-refractivity contribution in [3.8, 4) is 0 Å². The number of rotatable bonds is 3. The van der Waals surface area contributed by atoms with Crippen molar-refractivity contribution >= 4 is 0 Å². The van der Waals surface area contributed by atoms with Gasteiger partial charge in [0.05, 0.1) is 0 Å². The van der Waals surface area contributed by atoms with Gasteiger partial charge in [-0.15, -0.1) is 0 Å². The van der Waals surface area contributed by atoms with Crippen molar-refractivity contribution in [1.82, 2.24) is 10.2 Å². The maximum absolute atomic E-state index is 5.91. The first-order valence-electron chi connectivity index (χ1n) is 6.02. The van der Waals surface area contributed by atoms with Gasteiger partial charge in [-0.1, -0.05) is 29.8 Å². The normalized spacial score (nSPS) is 19.6. The zero-order valence-corrected chi connectivity index (χ0v) is 9.95. The van der Waals surface area contributed by atoms with E-state index in [2.05, 4.69) is 41.4 Å². The number of piperazine rings is 1. The van der Waals surface area contributed by atoms with Crippen LogP contribution in [0.4, 0.5) is 0 Å². The predicted molar refractivity (Wildman–Crippen MR) is 67.4 cm³/mol. The summed E-state index contributed by atoms with van der Waals surface area (Å²) in [7, 11) is 0. The second-order valence-electron chi connectivity index (χ2n) is 4.45. The van der Waals surface area contributed by atoms with Gasteiger partial charge < -0.3 is 11.1 Å². The van der Waals surface area contributed by atoms with Gasteiger partial charge in [0, 0.05) is 38.8 Å². The van der Waals surface area contributed by atoms with Crippen LogP contribution < -0.4 is 11.1 Å². The number of nitrogens with one attached hydrogen (secondary N) is 1. The molecule has 0 aromatic heterocycles. The Labute approximate surface area is 97.6 Å². The van der Waals surface area contributed by atoms with Crippen molar-refractivity contribution in [3.63, 3.8) is 0 Å². The molecule has 1 unspecified atom stereocenters. The number of benzene rings is 1. The SMILES string of the molecule is Cc1ccc(C(CN)N2CCNCC2)cc1. The summed E-state index contributed by atoms with van der Waals surface area (Å²) in [6.07, 6.45) is 0. The van der Waals surface area contributed by atoms with Crippen LogP contribution in [0.3, 0.4) is 0 Å². The lowest BCUT2D eigenvalue weighted by Crippen LogP contribution is -2.46. The quantitative estimate of drug-likeness (QED) is 0.793. The van der Waals surface area contributed by atoms with Crippen LogP contribution in [0.1, 0.15) is 17.2 Å². The van der Waals surface area contributed by atoms with Gasteiger partial charge in [0.1, 0.15) is 0 Å². The molecule has 1 heterocycles. The Morgan fingerprint density at radius 1 is 1.25 bits per heavy atom. The van der Waals surface area contributed by atoms with Gasteiger partial charge >= 0.3 is 0 Å². The summed E-state index contributed by atoms with van der Waals surface area (Å²) in [6, 6.07) is 9.12. The first-order chi connectivity index (χ1) is 7.81. The molecule has 1 aromatic rings. The highest BCUT2D eigenvalue weighted by Crippen LogP contribution is 2.20. The molecule has 3 nitrogen and oxygen atoms in total.